The number of rotatable bonds is 5. The van der Waals surface area contributed by atoms with E-state index < -0.39 is 5.41 Å². The maximum atomic E-state index is 7.19. The van der Waals surface area contributed by atoms with Gasteiger partial charge in [0.2, 0.25) is 0 Å². The lowest BCUT2D eigenvalue weighted by atomic mass is 9.37. The number of benzene rings is 7. The fourth-order valence-electron chi connectivity index (χ4n) is 16.3. The summed E-state index contributed by atoms with van der Waals surface area (Å²) in [6.07, 6.45) is 9.47. The molecule has 2 nitrogen and oxygen atoms in total. The molecule has 0 radical (unpaired) electrons. The number of para-hydroxylation sites is 1. The molecule has 6 aliphatic carbocycles. The maximum Gasteiger partial charge on any atom is 0.133 e. The molecule has 64 heavy (non-hydrogen) atoms. The van der Waals surface area contributed by atoms with Crippen LogP contribution in [0.15, 0.2) is 164 Å². The summed E-state index contributed by atoms with van der Waals surface area (Å²) in [6.45, 7) is 9.78. The Labute approximate surface area is 379 Å². The van der Waals surface area contributed by atoms with Gasteiger partial charge in [0.15, 0.2) is 0 Å². The minimum absolute atomic E-state index is 0.0310. The smallest absolute Gasteiger partial charge is 0.133 e. The molecule has 3 bridgehead atoms. The van der Waals surface area contributed by atoms with Gasteiger partial charge < -0.3 is 9.64 Å². The van der Waals surface area contributed by atoms with Crippen molar-refractivity contribution in [2.24, 2.45) is 29.1 Å². The summed E-state index contributed by atoms with van der Waals surface area (Å²) in [7, 11) is 0. The molecule has 1 heterocycles. The van der Waals surface area contributed by atoms with E-state index >= 15 is 0 Å². The Balaban J connectivity index is 1.00. The molecule has 2 heteroatoms. The van der Waals surface area contributed by atoms with E-state index in [1.54, 1.807) is 0 Å². The van der Waals surface area contributed by atoms with Crippen molar-refractivity contribution in [3.8, 4) is 22.6 Å². The van der Waals surface area contributed by atoms with E-state index in [-0.39, 0.29) is 16.2 Å². The third-order valence-electron chi connectivity index (χ3n) is 18.6. The first-order valence-electron chi connectivity index (χ1n) is 24.4. The Bertz CT molecular complexity index is 3000. The zero-order valence-electron chi connectivity index (χ0n) is 37.7. The van der Waals surface area contributed by atoms with Crippen molar-refractivity contribution in [1.29, 1.82) is 0 Å². The summed E-state index contributed by atoms with van der Waals surface area (Å²) in [5.74, 6) is 5.30. The summed E-state index contributed by atoms with van der Waals surface area (Å²) in [6, 6.07) is 62.8. The fraction of sp³-hybridized carbons (Fsp3) is 0.323. The first kappa shape index (κ1) is 37.5. The molecule has 7 aromatic rings. The molecule has 0 saturated heterocycles. The van der Waals surface area contributed by atoms with Gasteiger partial charge in [-0.1, -0.05) is 149 Å². The highest BCUT2D eigenvalue weighted by Gasteiger charge is 2.79. The Kier molecular flexibility index (Phi) is 7.44. The van der Waals surface area contributed by atoms with Crippen LogP contribution in [0.4, 0.5) is 17.1 Å². The number of fused-ring (bicyclic) bond motifs is 12. The highest BCUT2D eigenvalue weighted by atomic mass is 16.5. The zero-order chi connectivity index (χ0) is 42.8. The van der Waals surface area contributed by atoms with E-state index in [4.69, 9.17) is 4.74 Å². The van der Waals surface area contributed by atoms with Gasteiger partial charge in [-0.3, -0.25) is 0 Å². The second kappa shape index (κ2) is 12.7. The van der Waals surface area contributed by atoms with E-state index in [0.717, 1.165) is 34.7 Å². The van der Waals surface area contributed by atoms with Crippen molar-refractivity contribution in [2.45, 2.75) is 94.3 Å². The van der Waals surface area contributed by atoms with Gasteiger partial charge in [-0.05, 0) is 166 Å². The van der Waals surface area contributed by atoms with Crippen LogP contribution in [0.25, 0.3) is 11.1 Å². The van der Waals surface area contributed by atoms with Gasteiger partial charge in [-0.2, -0.15) is 0 Å². The molecular weight excluding hydrogens is 775 g/mol. The highest BCUT2D eigenvalue weighted by Crippen LogP contribution is 2.85. The van der Waals surface area contributed by atoms with Crippen molar-refractivity contribution >= 4 is 17.1 Å². The van der Waals surface area contributed by atoms with Crippen molar-refractivity contribution in [2.75, 3.05) is 4.90 Å². The van der Waals surface area contributed by atoms with Crippen LogP contribution in [0.3, 0.4) is 0 Å². The molecule has 2 spiro atoms. The van der Waals surface area contributed by atoms with Gasteiger partial charge in [-0.25, -0.2) is 0 Å². The van der Waals surface area contributed by atoms with E-state index in [0.29, 0.717) is 17.3 Å². The van der Waals surface area contributed by atoms with Gasteiger partial charge >= 0.3 is 0 Å². The fourth-order valence-corrected chi connectivity index (χ4v) is 16.3. The second-order valence-corrected chi connectivity index (χ2v) is 22.4. The van der Waals surface area contributed by atoms with Crippen LogP contribution >= 0.6 is 0 Å². The Morgan fingerprint density at radius 1 is 0.438 bits per heavy atom. The monoisotopic (exact) mass is 831 g/mol. The molecule has 4 saturated carbocycles. The van der Waals surface area contributed by atoms with Gasteiger partial charge in [0, 0.05) is 39.7 Å². The lowest BCUT2D eigenvalue weighted by Crippen LogP contribution is -2.64. The SMILES string of the molecule is CC1(C)CCC(C)(C)c2cc(N(c3ccc4c(c3)Oc3ccccc3C43C4CC5CC6CC3C4(C5)C6)c3ccc4c(c3)C(c3ccccc3)(c3ccccc3)c3ccccc3-4)ccc21. The van der Waals surface area contributed by atoms with Crippen LogP contribution in [0.2, 0.25) is 0 Å². The van der Waals surface area contributed by atoms with Crippen LogP contribution in [0.5, 0.6) is 11.5 Å². The number of anilines is 3. The molecule has 4 unspecified atom stereocenters. The molecule has 14 rings (SSSR count). The van der Waals surface area contributed by atoms with Gasteiger partial charge in [0.1, 0.15) is 11.5 Å². The first-order chi connectivity index (χ1) is 31.1. The minimum Gasteiger partial charge on any atom is -0.457 e. The number of hydrogen-bond acceptors (Lipinski definition) is 2. The predicted molar refractivity (Wildman–Crippen MR) is 260 cm³/mol. The third kappa shape index (κ3) is 4.62. The normalized spacial score (nSPS) is 28.2. The average Bonchev–Trinajstić information content (AvgIpc) is 3.85. The van der Waals surface area contributed by atoms with E-state index in [2.05, 4.69) is 196 Å². The van der Waals surface area contributed by atoms with Crippen LogP contribution < -0.4 is 9.64 Å². The topological polar surface area (TPSA) is 12.5 Å². The second-order valence-electron chi connectivity index (χ2n) is 22.4. The molecule has 1 aliphatic heterocycles. The van der Waals surface area contributed by atoms with Crippen LogP contribution in [0.1, 0.15) is 117 Å². The summed E-state index contributed by atoms with van der Waals surface area (Å²) < 4.78 is 7.19. The first-order valence-corrected chi connectivity index (χ1v) is 24.4. The zero-order valence-corrected chi connectivity index (χ0v) is 37.7. The lowest BCUT2D eigenvalue weighted by Gasteiger charge is -2.66. The Morgan fingerprint density at radius 2 is 0.953 bits per heavy atom. The summed E-state index contributed by atoms with van der Waals surface area (Å²) in [4.78, 5) is 2.56. The molecule has 0 N–H and O–H groups in total. The molecule has 4 fully saturated rings. The standard InChI is InChI=1S/C62H57NO/c1-58(2)29-30-59(3,4)53-35-44(24-27-49(53)58)63(43-23-26-47-46-19-11-12-20-48(46)61(52(47)34-43,41-15-7-5-8-16-41)42-17-9-6-10-18-42)45-25-28-51-55(36-45)64-54-22-14-13-21-50(54)62(51)56-32-39-31-40-33-57(62)60(56,37-39)38-40/h5-28,34-36,39-40,56-57H,29-33,37-38H2,1-4H3. The highest BCUT2D eigenvalue weighted by molar-refractivity contribution is 5.90. The molecule has 316 valence electrons. The van der Waals surface area contributed by atoms with Crippen LogP contribution in [-0.4, -0.2) is 0 Å². The molecular formula is C62H57NO. The Morgan fingerprint density at radius 3 is 1.64 bits per heavy atom. The van der Waals surface area contributed by atoms with Crippen LogP contribution in [-0.2, 0) is 21.7 Å². The predicted octanol–water partition coefficient (Wildman–Crippen LogP) is 15.7. The Hall–Kier alpha value is -5.86. The van der Waals surface area contributed by atoms with Crippen molar-refractivity contribution in [1.82, 2.24) is 0 Å². The average molecular weight is 832 g/mol. The molecule has 0 aromatic heterocycles. The van der Waals surface area contributed by atoms with Crippen LogP contribution in [0, 0.1) is 29.1 Å². The molecule has 7 aromatic carbocycles. The quantitative estimate of drug-likeness (QED) is 0.171. The number of ether oxygens (including phenoxy) is 1. The summed E-state index contributed by atoms with van der Waals surface area (Å²) in [5, 5.41) is 0. The van der Waals surface area contributed by atoms with E-state index in [9.17, 15) is 0 Å². The molecule has 7 aliphatic rings. The van der Waals surface area contributed by atoms with Gasteiger partial charge in [0.25, 0.3) is 0 Å². The van der Waals surface area contributed by atoms with E-state index in [1.165, 1.54) is 106 Å². The lowest BCUT2D eigenvalue weighted by molar-refractivity contribution is -0.0882. The molecule has 0 amide bonds. The van der Waals surface area contributed by atoms with Crippen molar-refractivity contribution in [3.05, 3.63) is 208 Å². The van der Waals surface area contributed by atoms with Gasteiger partial charge in [-0.15, -0.1) is 0 Å². The van der Waals surface area contributed by atoms with Crippen molar-refractivity contribution < 1.29 is 4.74 Å². The summed E-state index contributed by atoms with van der Waals surface area (Å²) >= 11 is 0. The number of nitrogens with zero attached hydrogens (tertiary/aromatic N) is 1. The largest absolute Gasteiger partial charge is 0.457 e. The minimum atomic E-state index is -0.493. The van der Waals surface area contributed by atoms with Gasteiger partial charge in [0.05, 0.1) is 5.41 Å². The number of hydrogen-bond donors (Lipinski definition) is 0. The van der Waals surface area contributed by atoms with E-state index in [1.807, 2.05) is 0 Å². The molecule has 4 atom stereocenters. The maximum absolute atomic E-state index is 7.19. The van der Waals surface area contributed by atoms with Crippen molar-refractivity contribution in [3.63, 3.8) is 0 Å². The third-order valence-corrected chi connectivity index (χ3v) is 18.6. The summed E-state index contributed by atoms with van der Waals surface area (Å²) in [5.41, 5.74) is 17.4.